The molecule has 23 heavy (non-hydrogen) atoms. The molecule has 3 atom stereocenters. The summed E-state index contributed by atoms with van der Waals surface area (Å²) in [7, 11) is 1.65. The van der Waals surface area contributed by atoms with E-state index in [2.05, 4.69) is 0 Å². The van der Waals surface area contributed by atoms with Crippen molar-refractivity contribution in [2.24, 2.45) is 5.92 Å². The van der Waals surface area contributed by atoms with Crippen LogP contribution in [-0.4, -0.2) is 41.7 Å². The molecule has 1 aromatic rings. The molecule has 2 aliphatic rings. The molecule has 1 aliphatic carbocycles. The number of aliphatic hydroxyl groups is 1. The van der Waals surface area contributed by atoms with E-state index in [1.54, 1.807) is 7.11 Å². The normalized spacial score (nSPS) is 28.1. The first-order valence-electron chi connectivity index (χ1n) is 8.78. The number of nitrogens with zero attached hydrogens (tertiary/aromatic N) is 1. The monoisotopic (exact) mass is 317 g/mol. The van der Waals surface area contributed by atoms with Crippen molar-refractivity contribution >= 4 is 5.91 Å². The summed E-state index contributed by atoms with van der Waals surface area (Å²) in [6, 6.07) is 7.89. The van der Waals surface area contributed by atoms with Gasteiger partial charge in [0.05, 0.1) is 12.7 Å². The number of ether oxygens (including phenoxy) is 1. The van der Waals surface area contributed by atoms with Gasteiger partial charge < -0.3 is 14.7 Å². The van der Waals surface area contributed by atoms with Gasteiger partial charge in [0.15, 0.2) is 0 Å². The molecule has 0 aromatic heterocycles. The average Bonchev–Trinajstić information content (AvgIpc) is 3.05. The first-order chi connectivity index (χ1) is 11.2. The number of likely N-dealkylation sites (tertiary alicyclic amines) is 1. The van der Waals surface area contributed by atoms with Gasteiger partial charge in [-0.1, -0.05) is 31.0 Å². The minimum absolute atomic E-state index is 0.0953. The quantitative estimate of drug-likeness (QED) is 0.929. The Morgan fingerprint density at radius 2 is 2.00 bits per heavy atom. The van der Waals surface area contributed by atoms with Gasteiger partial charge >= 0.3 is 0 Å². The standard InChI is InChI=1S/C19H27NO3/c1-23-13-14-7-2-3-8-15(14)19(22)20-12-6-10-17(20)16-9-4-5-11-18(16)21/h2-3,7-8,16-18,21H,4-6,9-13H2,1H3/t16-,17-,18+/m1/s1. The van der Waals surface area contributed by atoms with Crippen LogP contribution >= 0.6 is 0 Å². The Bertz CT molecular complexity index is 545. The van der Waals surface area contributed by atoms with Crippen molar-refractivity contribution in [2.45, 2.75) is 57.3 Å². The summed E-state index contributed by atoms with van der Waals surface area (Å²) in [5.74, 6) is 0.336. The minimum Gasteiger partial charge on any atom is -0.393 e. The molecule has 0 radical (unpaired) electrons. The molecule has 4 nitrogen and oxygen atoms in total. The number of hydrogen-bond donors (Lipinski definition) is 1. The van der Waals surface area contributed by atoms with E-state index in [1.165, 1.54) is 6.42 Å². The van der Waals surface area contributed by atoms with Crippen LogP contribution in [0.25, 0.3) is 0 Å². The number of aliphatic hydroxyl groups excluding tert-OH is 1. The molecule has 0 unspecified atom stereocenters. The molecule has 1 heterocycles. The van der Waals surface area contributed by atoms with Crippen molar-refractivity contribution in [3.8, 4) is 0 Å². The van der Waals surface area contributed by atoms with E-state index < -0.39 is 0 Å². The predicted molar refractivity (Wildman–Crippen MR) is 89.2 cm³/mol. The molecular weight excluding hydrogens is 290 g/mol. The third-order valence-electron chi connectivity index (χ3n) is 5.38. The van der Waals surface area contributed by atoms with Gasteiger partial charge in [0.25, 0.3) is 5.91 Å². The zero-order valence-corrected chi connectivity index (χ0v) is 13.9. The van der Waals surface area contributed by atoms with Crippen molar-refractivity contribution in [3.63, 3.8) is 0 Å². The second kappa shape index (κ2) is 7.45. The predicted octanol–water partition coefficient (Wildman–Crippen LogP) is 2.99. The number of hydrogen-bond acceptors (Lipinski definition) is 3. The Balaban J connectivity index is 1.81. The number of benzene rings is 1. The van der Waals surface area contributed by atoms with Crippen molar-refractivity contribution in [3.05, 3.63) is 35.4 Å². The third-order valence-corrected chi connectivity index (χ3v) is 5.38. The molecule has 1 N–H and O–H groups in total. The number of rotatable bonds is 4. The first-order valence-corrected chi connectivity index (χ1v) is 8.78. The number of carbonyl (C=O) groups excluding carboxylic acids is 1. The van der Waals surface area contributed by atoms with Gasteiger partial charge in [0, 0.05) is 31.2 Å². The van der Waals surface area contributed by atoms with Crippen molar-refractivity contribution in [2.75, 3.05) is 13.7 Å². The molecule has 2 fully saturated rings. The van der Waals surface area contributed by atoms with E-state index in [-0.39, 0.29) is 24.0 Å². The van der Waals surface area contributed by atoms with Gasteiger partial charge in [-0.15, -0.1) is 0 Å². The van der Waals surface area contributed by atoms with E-state index in [0.29, 0.717) is 6.61 Å². The third kappa shape index (κ3) is 3.43. The fourth-order valence-electron chi connectivity index (χ4n) is 4.24. The molecule has 1 saturated carbocycles. The van der Waals surface area contributed by atoms with E-state index in [4.69, 9.17) is 4.74 Å². The lowest BCUT2D eigenvalue weighted by Crippen LogP contribution is -2.45. The molecule has 1 amide bonds. The van der Waals surface area contributed by atoms with Crippen LogP contribution in [0.2, 0.25) is 0 Å². The second-order valence-corrected chi connectivity index (χ2v) is 6.81. The Labute approximate surface area is 138 Å². The molecule has 1 saturated heterocycles. The van der Waals surface area contributed by atoms with Gasteiger partial charge in [0.1, 0.15) is 0 Å². The fraction of sp³-hybridized carbons (Fsp3) is 0.632. The molecule has 126 valence electrons. The lowest BCUT2D eigenvalue weighted by atomic mass is 9.80. The molecule has 0 spiro atoms. The van der Waals surface area contributed by atoms with Crippen LogP contribution in [0.15, 0.2) is 24.3 Å². The highest BCUT2D eigenvalue weighted by atomic mass is 16.5. The Kier molecular flexibility index (Phi) is 5.34. The van der Waals surface area contributed by atoms with Crippen molar-refractivity contribution < 1.29 is 14.6 Å². The maximum absolute atomic E-state index is 13.1. The Hall–Kier alpha value is -1.39. The molecule has 0 bridgehead atoms. The second-order valence-electron chi connectivity index (χ2n) is 6.81. The molecule has 1 aromatic carbocycles. The summed E-state index contributed by atoms with van der Waals surface area (Å²) < 4.78 is 5.23. The van der Waals surface area contributed by atoms with Crippen LogP contribution in [0.5, 0.6) is 0 Å². The molecule has 3 rings (SSSR count). The van der Waals surface area contributed by atoms with Crippen molar-refractivity contribution in [1.82, 2.24) is 4.90 Å². The summed E-state index contributed by atoms with van der Waals surface area (Å²) in [5.41, 5.74) is 1.68. The smallest absolute Gasteiger partial charge is 0.254 e. The molecule has 1 aliphatic heterocycles. The Morgan fingerprint density at radius 1 is 1.22 bits per heavy atom. The maximum atomic E-state index is 13.1. The molecule has 4 heteroatoms. The molecular formula is C19H27NO3. The van der Waals surface area contributed by atoms with Gasteiger partial charge in [-0.25, -0.2) is 0 Å². The van der Waals surface area contributed by atoms with E-state index in [1.807, 2.05) is 29.2 Å². The number of methoxy groups -OCH3 is 1. The number of carbonyl (C=O) groups is 1. The van der Waals surface area contributed by atoms with Gasteiger partial charge in [-0.2, -0.15) is 0 Å². The van der Waals surface area contributed by atoms with Gasteiger partial charge in [-0.05, 0) is 37.3 Å². The van der Waals surface area contributed by atoms with Crippen LogP contribution in [0, 0.1) is 5.92 Å². The average molecular weight is 317 g/mol. The van der Waals surface area contributed by atoms with Gasteiger partial charge in [0.2, 0.25) is 0 Å². The fourth-order valence-corrected chi connectivity index (χ4v) is 4.24. The summed E-state index contributed by atoms with van der Waals surface area (Å²) in [5, 5.41) is 10.4. The van der Waals surface area contributed by atoms with Crippen LogP contribution in [-0.2, 0) is 11.3 Å². The zero-order valence-electron chi connectivity index (χ0n) is 13.9. The summed E-state index contributed by atoms with van der Waals surface area (Å²) in [4.78, 5) is 15.1. The number of amides is 1. The highest BCUT2D eigenvalue weighted by Crippen LogP contribution is 2.35. The summed E-state index contributed by atoms with van der Waals surface area (Å²) in [6.07, 6.45) is 5.98. The highest BCUT2D eigenvalue weighted by Gasteiger charge is 2.39. The van der Waals surface area contributed by atoms with Crippen LogP contribution in [0.4, 0.5) is 0 Å². The maximum Gasteiger partial charge on any atom is 0.254 e. The summed E-state index contributed by atoms with van der Waals surface area (Å²) >= 11 is 0. The summed E-state index contributed by atoms with van der Waals surface area (Å²) in [6.45, 7) is 1.25. The SMILES string of the molecule is COCc1ccccc1C(=O)N1CCC[C@@H]1[C@H]1CCCC[C@@H]1O. The van der Waals surface area contributed by atoms with Crippen LogP contribution in [0.3, 0.4) is 0 Å². The topological polar surface area (TPSA) is 49.8 Å². The zero-order chi connectivity index (χ0) is 16.2. The minimum atomic E-state index is -0.253. The van der Waals surface area contributed by atoms with Gasteiger partial charge in [-0.3, -0.25) is 4.79 Å². The van der Waals surface area contributed by atoms with Crippen LogP contribution in [0.1, 0.15) is 54.4 Å². The Morgan fingerprint density at radius 3 is 2.78 bits per heavy atom. The first kappa shape index (κ1) is 16.5. The van der Waals surface area contributed by atoms with E-state index >= 15 is 0 Å². The lowest BCUT2D eigenvalue weighted by Gasteiger charge is -2.37. The van der Waals surface area contributed by atoms with E-state index in [0.717, 1.165) is 49.8 Å². The lowest BCUT2D eigenvalue weighted by molar-refractivity contribution is 0.0210. The van der Waals surface area contributed by atoms with E-state index in [9.17, 15) is 9.90 Å². The highest BCUT2D eigenvalue weighted by molar-refractivity contribution is 5.96. The largest absolute Gasteiger partial charge is 0.393 e. The van der Waals surface area contributed by atoms with Crippen molar-refractivity contribution in [1.29, 1.82) is 0 Å². The van der Waals surface area contributed by atoms with Crippen LogP contribution < -0.4 is 0 Å².